The Morgan fingerprint density at radius 3 is 3.00 bits per heavy atom. The number of rotatable bonds is 3. The van der Waals surface area contributed by atoms with Crippen molar-refractivity contribution in [2.24, 2.45) is 0 Å². The minimum absolute atomic E-state index is 0.0243. The number of morpholine rings is 1. The molecule has 128 valence electrons. The zero-order valence-corrected chi connectivity index (χ0v) is 14.8. The lowest BCUT2D eigenvalue weighted by Crippen LogP contribution is -2.60. The van der Waals surface area contributed by atoms with Crippen molar-refractivity contribution < 1.29 is 9.53 Å². The van der Waals surface area contributed by atoms with Gasteiger partial charge in [0.1, 0.15) is 10.0 Å². The predicted octanol–water partition coefficient (Wildman–Crippen LogP) is 1.28. The van der Waals surface area contributed by atoms with E-state index < -0.39 is 0 Å². The van der Waals surface area contributed by atoms with Gasteiger partial charge in [-0.2, -0.15) is 0 Å². The Hall–Kier alpha value is -1.25. The van der Waals surface area contributed by atoms with Crippen molar-refractivity contribution in [1.82, 2.24) is 25.3 Å². The summed E-state index contributed by atoms with van der Waals surface area (Å²) in [5.41, 5.74) is 0. The van der Waals surface area contributed by atoms with Crippen LogP contribution in [0.3, 0.4) is 0 Å². The smallest absolute Gasteiger partial charge is 0.317 e. The summed E-state index contributed by atoms with van der Waals surface area (Å²) in [6.07, 6.45) is 1.16. The molecule has 3 heterocycles. The average Bonchev–Trinajstić information content (AvgIpc) is 3.02. The van der Waals surface area contributed by atoms with Gasteiger partial charge in [-0.05, 0) is 13.5 Å². The average molecular weight is 339 g/mol. The van der Waals surface area contributed by atoms with Crippen LogP contribution < -0.4 is 5.32 Å². The molecule has 1 aromatic heterocycles. The highest BCUT2D eigenvalue weighted by Gasteiger charge is 2.36. The van der Waals surface area contributed by atoms with Crippen molar-refractivity contribution in [3.8, 4) is 0 Å². The third-order valence-electron chi connectivity index (χ3n) is 4.52. The Morgan fingerprint density at radius 1 is 1.43 bits per heavy atom. The van der Waals surface area contributed by atoms with Crippen molar-refractivity contribution in [2.75, 3.05) is 33.3 Å². The zero-order chi connectivity index (χ0) is 16.4. The molecular weight excluding hydrogens is 314 g/mol. The molecule has 0 radical (unpaired) electrons. The van der Waals surface area contributed by atoms with E-state index in [0.29, 0.717) is 18.5 Å². The number of nitrogens with one attached hydrogen (secondary N) is 1. The molecule has 23 heavy (non-hydrogen) atoms. The molecule has 0 aliphatic carbocycles. The number of likely N-dealkylation sites (tertiary alicyclic amines) is 1. The molecule has 0 aromatic carbocycles. The monoisotopic (exact) mass is 339 g/mol. The lowest BCUT2D eigenvalue weighted by molar-refractivity contribution is -0.0881. The van der Waals surface area contributed by atoms with Crippen LogP contribution >= 0.6 is 11.3 Å². The maximum Gasteiger partial charge on any atom is 0.317 e. The third-order valence-corrected chi connectivity index (χ3v) is 5.74. The van der Waals surface area contributed by atoms with Crippen LogP contribution in [0.2, 0.25) is 0 Å². The second kappa shape index (κ2) is 7.11. The van der Waals surface area contributed by atoms with E-state index in [2.05, 4.69) is 41.3 Å². The predicted molar refractivity (Wildman–Crippen MR) is 88.6 cm³/mol. The first-order valence-electron chi connectivity index (χ1n) is 8.21. The molecule has 8 heteroatoms. The van der Waals surface area contributed by atoms with E-state index in [-0.39, 0.29) is 12.1 Å². The lowest BCUT2D eigenvalue weighted by atomic mass is 9.99. The van der Waals surface area contributed by atoms with Crippen LogP contribution in [0.4, 0.5) is 4.79 Å². The summed E-state index contributed by atoms with van der Waals surface area (Å²) in [5, 5.41) is 13.1. The summed E-state index contributed by atoms with van der Waals surface area (Å²) in [4.78, 5) is 16.6. The van der Waals surface area contributed by atoms with Crippen LogP contribution in [-0.4, -0.2) is 71.5 Å². The normalized spacial score (nSPS) is 25.5. The summed E-state index contributed by atoms with van der Waals surface area (Å²) < 4.78 is 5.82. The molecule has 2 atom stereocenters. The van der Waals surface area contributed by atoms with Gasteiger partial charge in [0.2, 0.25) is 0 Å². The topological polar surface area (TPSA) is 70.6 Å². The van der Waals surface area contributed by atoms with Crippen molar-refractivity contribution in [2.45, 2.75) is 44.9 Å². The summed E-state index contributed by atoms with van der Waals surface area (Å²) in [6.45, 7) is 7.82. The number of piperidine rings is 1. The summed E-state index contributed by atoms with van der Waals surface area (Å²) in [5.74, 6) is 0.373. The van der Waals surface area contributed by atoms with Crippen molar-refractivity contribution in [3.05, 3.63) is 10.0 Å². The molecular formula is C15H25N5O2S. The standard InChI is InChI=1S/C15H25N5O2S/c1-10(2)14-18-17-13(23-14)8-16-15(21)20-5-4-12-11(9-20)19(3)6-7-22-12/h10-12H,4-9H2,1-3H3,(H,16,21)/t11-,12+/m0/s1. The number of urea groups is 1. The fraction of sp³-hybridized carbons (Fsp3) is 0.800. The molecule has 2 fully saturated rings. The first kappa shape index (κ1) is 16.6. The van der Waals surface area contributed by atoms with Crippen LogP contribution in [0.15, 0.2) is 0 Å². The Labute approximate surface area is 141 Å². The van der Waals surface area contributed by atoms with Crippen molar-refractivity contribution in [1.29, 1.82) is 0 Å². The molecule has 1 N–H and O–H groups in total. The third kappa shape index (κ3) is 3.81. The minimum atomic E-state index is -0.0243. The fourth-order valence-corrected chi connectivity index (χ4v) is 3.85. The number of nitrogens with zero attached hydrogens (tertiary/aromatic N) is 4. The van der Waals surface area contributed by atoms with E-state index in [9.17, 15) is 4.79 Å². The summed E-state index contributed by atoms with van der Waals surface area (Å²) in [6, 6.07) is 0.279. The summed E-state index contributed by atoms with van der Waals surface area (Å²) in [7, 11) is 2.11. The van der Waals surface area contributed by atoms with Gasteiger partial charge in [-0.1, -0.05) is 25.2 Å². The van der Waals surface area contributed by atoms with Crippen LogP contribution in [-0.2, 0) is 11.3 Å². The Morgan fingerprint density at radius 2 is 2.26 bits per heavy atom. The molecule has 1 aromatic rings. The summed E-state index contributed by atoms with van der Waals surface area (Å²) >= 11 is 1.56. The number of aromatic nitrogens is 2. The molecule has 0 bridgehead atoms. The Kier molecular flexibility index (Phi) is 5.13. The quantitative estimate of drug-likeness (QED) is 0.898. The highest BCUT2D eigenvalue weighted by molar-refractivity contribution is 7.11. The Balaban J connectivity index is 1.52. The van der Waals surface area contributed by atoms with Gasteiger partial charge in [0.15, 0.2) is 0 Å². The van der Waals surface area contributed by atoms with E-state index in [1.54, 1.807) is 11.3 Å². The number of carbonyl (C=O) groups is 1. The van der Waals surface area contributed by atoms with Crippen LogP contribution in [0.1, 0.15) is 36.2 Å². The number of hydrogen-bond donors (Lipinski definition) is 1. The van der Waals surface area contributed by atoms with Crippen LogP contribution in [0.25, 0.3) is 0 Å². The maximum absolute atomic E-state index is 12.4. The highest BCUT2D eigenvalue weighted by Crippen LogP contribution is 2.22. The second-order valence-electron chi connectivity index (χ2n) is 6.54. The molecule has 0 spiro atoms. The van der Waals surface area contributed by atoms with Gasteiger partial charge < -0.3 is 15.0 Å². The van der Waals surface area contributed by atoms with Gasteiger partial charge in [0, 0.05) is 25.6 Å². The highest BCUT2D eigenvalue weighted by atomic mass is 32.1. The number of hydrogen-bond acceptors (Lipinski definition) is 6. The zero-order valence-electron chi connectivity index (χ0n) is 14.0. The second-order valence-corrected chi connectivity index (χ2v) is 7.63. The van der Waals surface area contributed by atoms with Crippen LogP contribution in [0, 0.1) is 0 Å². The number of likely N-dealkylation sites (N-methyl/N-ethyl adjacent to an activating group) is 1. The first-order valence-corrected chi connectivity index (χ1v) is 9.03. The Bertz CT molecular complexity index is 550. The molecule has 3 rings (SSSR count). The molecule has 7 nitrogen and oxygen atoms in total. The fourth-order valence-electron chi connectivity index (χ4n) is 3.06. The van der Waals surface area contributed by atoms with Gasteiger partial charge in [-0.15, -0.1) is 10.2 Å². The van der Waals surface area contributed by atoms with Crippen molar-refractivity contribution >= 4 is 17.4 Å². The lowest BCUT2D eigenvalue weighted by Gasteiger charge is -2.45. The number of ether oxygens (including phenoxy) is 1. The van der Waals surface area contributed by atoms with E-state index >= 15 is 0 Å². The van der Waals surface area contributed by atoms with Gasteiger partial charge in [-0.3, -0.25) is 4.90 Å². The molecule has 2 amide bonds. The number of carbonyl (C=O) groups excluding carboxylic acids is 1. The van der Waals surface area contributed by atoms with Gasteiger partial charge in [0.05, 0.1) is 25.3 Å². The molecule has 2 aliphatic rings. The maximum atomic E-state index is 12.4. The molecule has 0 saturated carbocycles. The number of amides is 2. The van der Waals surface area contributed by atoms with E-state index in [1.165, 1.54) is 0 Å². The van der Waals surface area contributed by atoms with E-state index in [4.69, 9.17) is 4.74 Å². The SMILES string of the molecule is CC(C)c1nnc(CNC(=O)N2CC[C@H]3OCCN(C)[C@H]3C2)s1. The first-order chi connectivity index (χ1) is 11.0. The molecule has 2 aliphatic heterocycles. The minimum Gasteiger partial charge on any atom is -0.375 e. The largest absolute Gasteiger partial charge is 0.375 e. The molecule has 2 saturated heterocycles. The van der Waals surface area contributed by atoms with E-state index in [1.807, 2.05) is 4.90 Å². The van der Waals surface area contributed by atoms with E-state index in [0.717, 1.165) is 42.7 Å². The number of fused-ring (bicyclic) bond motifs is 1. The van der Waals surface area contributed by atoms with Gasteiger partial charge in [-0.25, -0.2) is 4.79 Å². The van der Waals surface area contributed by atoms with Crippen molar-refractivity contribution in [3.63, 3.8) is 0 Å². The van der Waals surface area contributed by atoms with Gasteiger partial charge >= 0.3 is 6.03 Å². The van der Waals surface area contributed by atoms with Crippen LogP contribution in [0.5, 0.6) is 0 Å². The van der Waals surface area contributed by atoms with Gasteiger partial charge in [0.25, 0.3) is 0 Å². The molecule has 0 unspecified atom stereocenters.